The normalized spacial score (nSPS) is 12.9. The van der Waals surface area contributed by atoms with E-state index >= 15 is 0 Å². The van der Waals surface area contributed by atoms with Crippen LogP contribution in [0.25, 0.3) is 0 Å². The molecule has 0 aliphatic heterocycles. The molecule has 2 heterocycles. The van der Waals surface area contributed by atoms with Crippen molar-refractivity contribution >= 4 is 11.3 Å². The highest BCUT2D eigenvalue weighted by Crippen LogP contribution is 2.28. The molecule has 0 fully saturated rings. The Labute approximate surface area is 106 Å². The summed E-state index contributed by atoms with van der Waals surface area (Å²) in [5, 5.41) is 10.1. The molecule has 0 aliphatic rings. The number of hydrogen-bond acceptors (Lipinski definition) is 3. The average Bonchev–Trinajstić information content (AvgIpc) is 2.88. The highest BCUT2D eigenvalue weighted by molar-refractivity contribution is 7.10. The standard InChI is InChI=1S/C13H19N3S/c1-5-16-12(8-9(2)15-16)13(14-4)11-6-7-17-10(11)3/h6-8,13-14H,5H2,1-4H3. The lowest BCUT2D eigenvalue weighted by atomic mass is 10.0. The minimum atomic E-state index is 0.238. The lowest BCUT2D eigenvalue weighted by Gasteiger charge is -2.17. The number of rotatable bonds is 4. The number of aryl methyl sites for hydroxylation is 3. The largest absolute Gasteiger partial charge is 0.308 e. The Morgan fingerprint density at radius 1 is 1.47 bits per heavy atom. The molecule has 2 rings (SSSR count). The van der Waals surface area contributed by atoms with E-state index in [1.807, 2.05) is 14.0 Å². The molecule has 3 nitrogen and oxygen atoms in total. The van der Waals surface area contributed by atoms with Crippen LogP contribution in [0.3, 0.4) is 0 Å². The third-order valence-corrected chi connectivity index (χ3v) is 3.89. The first-order valence-corrected chi connectivity index (χ1v) is 6.81. The first kappa shape index (κ1) is 12.3. The van der Waals surface area contributed by atoms with Gasteiger partial charge >= 0.3 is 0 Å². The Hall–Kier alpha value is -1.13. The van der Waals surface area contributed by atoms with Gasteiger partial charge in [-0.15, -0.1) is 11.3 Å². The molecule has 2 aromatic rings. The molecule has 1 N–H and O–H groups in total. The van der Waals surface area contributed by atoms with Gasteiger partial charge in [-0.05, 0) is 50.9 Å². The number of hydrogen-bond donors (Lipinski definition) is 1. The van der Waals surface area contributed by atoms with Gasteiger partial charge in [0.2, 0.25) is 0 Å². The molecule has 0 radical (unpaired) electrons. The fourth-order valence-electron chi connectivity index (χ4n) is 2.21. The van der Waals surface area contributed by atoms with Crippen molar-refractivity contribution in [3.05, 3.63) is 39.3 Å². The molecule has 92 valence electrons. The van der Waals surface area contributed by atoms with Crippen LogP contribution in [0.1, 0.15) is 34.8 Å². The molecule has 1 unspecified atom stereocenters. The predicted octanol–water partition coefficient (Wildman–Crippen LogP) is 2.89. The molecular formula is C13H19N3S. The third-order valence-electron chi connectivity index (χ3n) is 3.03. The summed E-state index contributed by atoms with van der Waals surface area (Å²) < 4.78 is 2.08. The number of nitrogens with zero attached hydrogens (tertiary/aromatic N) is 2. The Bertz CT molecular complexity index is 498. The van der Waals surface area contributed by atoms with E-state index in [1.54, 1.807) is 11.3 Å². The monoisotopic (exact) mass is 249 g/mol. The van der Waals surface area contributed by atoms with Crippen LogP contribution >= 0.6 is 11.3 Å². The molecule has 0 spiro atoms. The zero-order chi connectivity index (χ0) is 12.4. The summed E-state index contributed by atoms with van der Waals surface area (Å²) in [6, 6.07) is 4.60. The van der Waals surface area contributed by atoms with Crippen LogP contribution in [-0.4, -0.2) is 16.8 Å². The Morgan fingerprint density at radius 3 is 2.76 bits per heavy atom. The van der Waals surface area contributed by atoms with Gasteiger partial charge in [0.15, 0.2) is 0 Å². The number of aromatic nitrogens is 2. The van der Waals surface area contributed by atoms with Crippen molar-refractivity contribution in [2.24, 2.45) is 0 Å². The minimum Gasteiger partial charge on any atom is -0.308 e. The van der Waals surface area contributed by atoms with E-state index in [-0.39, 0.29) is 6.04 Å². The van der Waals surface area contributed by atoms with Crippen LogP contribution in [0.5, 0.6) is 0 Å². The van der Waals surface area contributed by atoms with Crippen molar-refractivity contribution in [1.82, 2.24) is 15.1 Å². The molecule has 0 saturated heterocycles. The van der Waals surface area contributed by atoms with Gasteiger partial charge in [-0.2, -0.15) is 5.10 Å². The van der Waals surface area contributed by atoms with E-state index in [0.717, 1.165) is 12.2 Å². The molecular weight excluding hydrogens is 230 g/mol. The summed E-state index contributed by atoms with van der Waals surface area (Å²) in [7, 11) is 2.00. The maximum Gasteiger partial charge on any atom is 0.0756 e. The van der Waals surface area contributed by atoms with Gasteiger partial charge in [0, 0.05) is 11.4 Å². The summed E-state index contributed by atoms with van der Waals surface area (Å²) >= 11 is 1.79. The van der Waals surface area contributed by atoms with Gasteiger partial charge < -0.3 is 5.32 Å². The zero-order valence-corrected chi connectivity index (χ0v) is 11.6. The van der Waals surface area contributed by atoms with E-state index in [1.165, 1.54) is 16.1 Å². The van der Waals surface area contributed by atoms with E-state index in [4.69, 9.17) is 0 Å². The molecule has 1 atom stereocenters. The Kier molecular flexibility index (Phi) is 3.64. The quantitative estimate of drug-likeness (QED) is 0.903. The van der Waals surface area contributed by atoms with Crippen LogP contribution in [-0.2, 0) is 6.54 Å². The van der Waals surface area contributed by atoms with Crippen molar-refractivity contribution < 1.29 is 0 Å². The van der Waals surface area contributed by atoms with E-state index < -0.39 is 0 Å². The topological polar surface area (TPSA) is 29.9 Å². The van der Waals surface area contributed by atoms with Crippen molar-refractivity contribution in [2.45, 2.75) is 33.4 Å². The Morgan fingerprint density at radius 2 is 2.24 bits per heavy atom. The van der Waals surface area contributed by atoms with Crippen LogP contribution < -0.4 is 5.32 Å². The van der Waals surface area contributed by atoms with Crippen molar-refractivity contribution in [3.8, 4) is 0 Å². The number of thiophene rings is 1. The molecule has 4 heteroatoms. The SMILES string of the molecule is CCn1nc(C)cc1C(NC)c1ccsc1C. The summed E-state index contributed by atoms with van der Waals surface area (Å²) in [5.41, 5.74) is 3.68. The lowest BCUT2D eigenvalue weighted by molar-refractivity contribution is 0.561. The Balaban J connectivity index is 2.45. The average molecular weight is 249 g/mol. The van der Waals surface area contributed by atoms with Crippen molar-refractivity contribution in [1.29, 1.82) is 0 Å². The fourth-order valence-corrected chi connectivity index (χ4v) is 2.95. The van der Waals surface area contributed by atoms with Crippen LogP contribution in [0.15, 0.2) is 17.5 Å². The lowest BCUT2D eigenvalue weighted by Crippen LogP contribution is -2.21. The van der Waals surface area contributed by atoms with E-state index in [2.05, 4.69) is 46.5 Å². The molecule has 2 aromatic heterocycles. The molecule has 17 heavy (non-hydrogen) atoms. The number of nitrogens with one attached hydrogen (secondary N) is 1. The van der Waals surface area contributed by atoms with E-state index in [9.17, 15) is 0 Å². The first-order chi connectivity index (χ1) is 8.17. The van der Waals surface area contributed by atoms with E-state index in [0.29, 0.717) is 0 Å². The van der Waals surface area contributed by atoms with Gasteiger partial charge in [0.25, 0.3) is 0 Å². The first-order valence-electron chi connectivity index (χ1n) is 5.93. The summed E-state index contributed by atoms with van der Waals surface area (Å²) in [6.07, 6.45) is 0. The van der Waals surface area contributed by atoms with Crippen LogP contribution in [0.4, 0.5) is 0 Å². The molecule has 0 amide bonds. The fraction of sp³-hybridized carbons (Fsp3) is 0.462. The third kappa shape index (κ3) is 2.28. The van der Waals surface area contributed by atoms with Gasteiger partial charge in [-0.1, -0.05) is 0 Å². The second-order valence-electron chi connectivity index (χ2n) is 4.18. The van der Waals surface area contributed by atoms with Gasteiger partial charge in [0.1, 0.15) is 0 Å². The van der Waals surface area contributed by atoms with Crippen LogP contribution in [0.2, 0.25) is 0 Å². The van der Waals surface area contributed by atoms with Gasteiger partial charge in [-0.25, -0.2) is 0 Å². The van der Waals surface area contributed by atoms with Gasteiger partial charge in [-0.3, -0.25) is 4.68 Å². The smallest absolute Gasteiger partial charge is 0.0756 e. The predicted molar refractivity (Wildman–Crippen MR) is 72.6 cm³/mol. The minimum absolute atomic E-state index is 0.238. The summed E-state index contributed by atoms with van der Waals surface area (Å²) in [4.78, 5) is 1.37. The maximum atomic E-state index is 4.52. The molecule has 0 aliphatic carbocycles. The van der Waals surface area contributed by atoms with Crippen LogP contribution in [0, 0.1) is 13.8 Å². The summed E-state index contributed by atoms with van der Waals surface area (Å²) in [5.74, 6) is 0. The molecule has 0 saturated carbocycles. The molecule has 0 aromatic carbocycles. The second kappa shape index (κ2) is 5.02. The van der Waals surface area contributed by atoms with Crippen molar-refractivity contribution in [3.63, 3.8) is 0 Å². The molecule has 0 bridgehead atoms. The van der Waals surface area contributed by atoms with Crippen molar-refractivity contribution in [2.75, 3.05) is 7.05 Å². The zero-order valence-electron chi connectivity index (χ0n) is 10.8. The highest BCUT2D eigenvalue weighted by atomic mass is 32.1. The summed E-state index contributed by atoms with van der Waals surface area (Å²) in [6.45, 7) is 7.25. The van der Waals surface area contributed by atoms with Gasteiger partial charge in [0.05, 0.1) is 17.4 Å². The highest BCUT2D eigenvalue weighted by Gasteiger charge is 2.19. The maximum absolute atomic E-state index is 4.52. The second-order valence-corrected chi connectivity index (χ2v) is 5.30.